The van der Waals surface area contributed by atoms with Crippen molar-refractivity contribution in [2.24, 2.45) is 32.9 Å². The second-order valence-electron chi connectivity index (χ2n) is 17.3. The van der Waals surface area contributed by atoms with Crippen LogP contribution in [0.15, 0.2) is 107 Å². The number of carboxylic acids is 5. The van der Waals surface area contributed by atoms with Gasteiger partial charge >= 0.3 is 48.0 Å². The van der Waals surface area contributed by atoms with Crippen LogP contribution in [0.2, 0.25) is 0 Å². The molecule has 0 aliphatic carbocycles. The zero-order valence-electron chi connectivity index (χ0n) is 45.5. The number of alkyl halides is 3. The third-order valence-electron chi connectivity index (χ3n) is 10.8. The molecule has 4 aromatic rings. The normalized spacial score (nSPS) is 12.2. The highest BCUT2D eigenvalue weighted by Gasteiger charge is 2.39. The fourth-order valence-corrected chi connectivity index (χ4v) is 9.41. The van der Waals surface area contributed by atoms with Crippen molar-refractivity contribution in [2.75, 3.05) is 65.9 Å². The van der Waals surface area contributed by atoms with Gasteiger partial charge in [0.05, 0.1) is 88.2 Å². The van der Waals surface area contributed by atoms with E-state index in [1.54, 1.807) is 0 Å². The smallest absolute Gasteiger partial charge is 0.481 e. The van der Waals surface area contributed by atoms with Crippen LogP contribution in [0.25, 0.3) is 0 Å². The number of benzene rings is 4. The quantitative estimate of drug-likeness (QED) is 0.00961. The maximum Gasteiger partial charge on any atom is 0.490 e. The van der Waals surface area contributed by atoms with E-state index in [2.05, 4.69) is 19.4 Å². The molecule has 0 fully saturated rings. The average molecular weight is 1280 g/mol. The molecule has 0 spiro atoms. The van der Waals surface area contributed by atoms with Crippen molar-refractivity contribution in [2.45, 2.75) is 44.2 Å². The van der Waals surface area contributed by atoms with E-state index in [9.17, 15) is 79.2 Å². The second kappa shape index (κ2) is 35.5. The lowest BCUT2D eigenvalue weighted by molar-refractivity contribution is -0.192. The molecule has 37 heteroatoms. The summed E-state index contributed by atoms with van der Waals surface area (Å²) in [6, 6.07) is 19.2. The molecular weight excluding hydrogens is 1210 g/mol. The Morgan fingerprint density at radius 2 is 0.770 bits per heavy atom. The summed E-state index contributed by atoms with van der Waals surface area (Å²) in [4.78, 5) is 89.0. The van der Waals surface area contributed by atoms with E-state index in [1.807, 2.05) is 0 Å². The van der Waals surface area contributed by atoms with E-state index >= 15 is 0 Å². The molecule has 15 N–H and O–H groups in total. The van der Waals surface area contributed by atoms with Gasteiger partial charge in [-0.05, 0) is 83.9 Å². The summed E-state index contributed by atoms with van der Waals surface area (Å²) in [7, 11) is -9.31. The number of guanidine groups is 2. The van der Waals surface area contributed by atoms with E-state index in [1.165, 1.54) is 97.1 Å². The van der Waals surface area contributed by atoms with Gasteiger partial charge in [-0.1, -0.05) is 24.3 Å². The Balaban J connectivity index is 0.00000265. The molecule has 0 saturated heterocycles. The number of ether oxygens (including phenoxy) is 6. The minimum Gasteiger partial charge on any atom is -0.481 e. The number of nitrogens with zero attached hydrogens (tertiary/aromatic N) is 4. The zero-order valence-corrected chi connectivity index (χ0v) is 47.1. The minimum absolute atomic E-state index is 0.0285. The monoisotopic (exact) mass is 1270 g/mol. The lowest BCUT2D eigenvalue weighted by atomic mass is 10.2. The molecular formula is C50H61F3N10O22S2. The fraction of sp³-hybridized carbons (Fsp3) is 0.340. The van der Waals surface area contributed by atoms with Crippen LogP contribution >= 0.6 is 0 Å². The second-order valence-corrected chi connectivity index (χ2v) is 20.7. The SMILES string of the molecule is NC(N)=Nc1ccc(C(=O)Oc2ccc(CNS(=O)(=O)N(CCOCCOCCOCCOCCN([C@@H](CC(=O)O)C(=O)O)S(=O)(=O)NCc3ccc(OC(=O)c4ccc(N=C(N)N)cc4)cc3)[C@@H](CC(=O)O)C(=O)O)cc2)cc1.O=C(O)C(F)(F)F. The predicted octanol–water partition coefficient (Wildman–Crippen LogP) is 0.463. The number of carboxylic acid groups (broad SMARTS) is 5. The van der Waals surface area contributed by atoms with Crippen LogP contribution < -0.4 is 41.9 Å². The number of carbonyl (C=O) groups excluding carboxylic acids is 2. The van der Waals surface area contributed by atoms with Crippen molar-refractivity contribution in [1.29, 1.82) is 0 Å². The van der Waals surface area contributed by atoms with Crippen molar-refractivity contribution < 1.29 is 118 Å². The first-order valence-electron chi connectivity index (χ1n) is 24.9. The molecule has 87 heavy (non-hydrogen) atoms. The Kier molecular flexibility index (Phi) is 29.5. The topological polar surface area (TPSA) is 504 Å². The molecule has 476 valence electrons. The summed E-state index contributed by atoms with van der Waals surface area (Å²) in [6.07, 6.45) is -7.22. The standard InChI is InChI=1S/C48H60N10O20S2.C2HF3O2/c49-47(50)55-35-9-5-33(6-10-35)45(67)77-37-13-1-31(2-14-37)29-53-79(69,70)57(39(43(63)64)27-41(59)60)17-19-73-21-23-75-25-26-76-24-22-74-20-18-58(40(44(65)66)28-42(61)62)80(71,72)54-30-32-3-15-38(16-4-32)78-46(68)34-7-11-36(12-8-34)56-48(51)52;3-2(4,5)1(6)7/h1-16,39-40,53-54H,17-30H2,(H,59,60)(H,61,62)(H,63,64)(H,65,66)(H4,49,50,55)(H4,51,52,56);(H,6,7)/t39-,40-;/m0./s1. The molecule has 2 atom stereocenters. The largest absolute Gasteiger partial charge is 0.490 e. The van der Waals surface area contributed by atoms with Crippen LogP contribution in [0.4, 0.5) is 24.5 Å². The van der Waals surface area contributed by atoms with Gasteiger partial charge in [-0.2, -0.15) is 48.1 Å². The van der Waals surface area contributed by atoms with Gasteiger partial charge in [-0.25, -0.2) is 24.4 Å². The van der Waals surface area contributed by atoms with Crippen molar-refractivity contribution in [3.05, 3.63) is 119 Å². The Hall–Kier alpha value is -8.92. The lowest BCUT2D eigenvalue weighted by Gasteiger charge is -2.27. The number of nitrogens with one attached hydrogen (secondary N) is 2. The van der Waals surface area contributed by atoms with Crippen molar-refractivity contribution in [3.63, 3.8) is 0 Å². The van der Waals surface area contributed by atoms with E-state index in [4.69, 9.17) is 61.3 Å². The third kappa shape index (κ3) is 27.3. The number of halogens is 3. The first-order chi connectivity index (χ1) is 40.9. The fourth-order valence-electron chi connectivity index (χ4n) is 6.75. The van der Waals surface area contributed by atoms with Crippen LogP contribution in [0.1, 0.15) is 44.7 Å². The highest BCUT2D eigenvalue weighted by Crippen LogP contribution is 2.21. The van der Waals surface area contributed by atoms with Gasteiger partial charge in [0, 0.05) is 26.2 Å². The summed E-state index contributed by atoms with van der Waals surface area (Å²) in [5, 5.41) is 45.4. The molecule has 0 aliphatic rings. The summed E-state index contributed by atoms with van der Waals surface area (Å²) in [6.45, 7) is -2.79. The van der Waals surface area contributed by atoms with Crippen molar-refractivity contribution in [1.82, 2.24) is 18.1 Å². The molecule has 0 heterocycles. The number of nitrogens with two attached hydrogens (primary N) is 4. The number of esters is 2. The summed E-state index contributed by atoms with van der Waals surface area (Å²) in [5.74, 6) is -10.8. The van der Waals surface area contributed by atoms with Gasteiger partial charge in [0.15, 0.2) is 11.9 Å². The van der Waals surface area contributed by atoms with Crippen LogP contribution in [0.3, 0.4) is 0 Å². The van der Waals surface area contributed by atoms with E-state index < -0.39 is 106 Å². The van der Waals surface area contributed by atoms with Gasteiger partial charge in [0.2, 0.25) is 0 Å². The Labute approximate surface area is 493 Å². The molecule has 0 bridgehead atoms. The molecule has 32 nitrogen and oxygen atoms in total. The minimum atomic E-state index is -5.08. The number of rotatable bonds is 37. The van der Waals surface area contributed by atoms with Gasteiger partial charge < -0.3 is 76.9 Å². The van der Waals surface area contributed by atoms with Gasteiger partial charge in [-0.3, -0.25) is 19.2 Å². The molecule has 4 rings (SSSR count). The number of aliphatic carboxylic acids is 5. The van der Waals surface area contributed by atoms with Gasteiger partial charge in [0.1, 0.15) is 23.6 Å². The molecule has 0 amide bonds. The summed E-state index contributed by atoms with van der Waals surface area (Å²) in [5.41, 5.74) is 23.4. The number of hydrogen-bond acceptors (Lipinski definition) is 19. The maximum absolute atomic E-state index is 13.4. The Bertz CT molecular complexity index is 3030. The highest BCUT2D eigenvalue weighted by molar-refractivity contribution is 7.87. The van der Waals surface area contributed by atoms with E-state index in [0.29, 0.717) is 31.1 Å². The first-order valence-corrected chi connectivity index (χ1v) is 27.8. The maximum atomic E-state index is 13.4. The third-order valence-corrected chi connectivity index (χ3v) is 13.9. The number of carbonyl (C=O) groups is 7. The summed E-state index contributed by atoms with van der Waals surface area (Å²) >= 11 is 0. The Morgan fingerprint density at radius 3 is 1.02 bits per heavy atom. The number of hydrogen-bond donors (Lipinski definition) is 11. The molecule has 0 aromatic heterocycles. The average Bonchev–Trinajstić information content (AvgIpc) is 2.17. The molecule has 0 radical (unpaired) electrons. The van der Waals surface area contributed by atoms with Crippen LogP contribution in [0.5, 0.6) is 11.5 Å². The molecule has 0 aliphatic heterocycles. The Morgan fingerprint density at radius 1 is 0.483 bits per heavy atom. The zero-order chi connectivity index (χ0) is 64.9. The molecule has 0 unspecified atom stereocenters. The lowest BCUT2D eigenvalue weighted by Crippen LogP contribution is -2.51. The first kappa shape index (κ1) is 72.3. The van der Waals surface area contributed by atoms with Gasteiger partial charge in [-0.15, -0.1) is 0 Å². The summed E-state index contributed by atoms with van der Waals surface area (Å²) < 4.78 is 123. The van der Waals surface area contributed by atoms with Gasteiger partial charge in [0.25, 0.3) is 20.4 Å². The van der Waals surface area contributed by atoms with Crippen LogP contribution in [-0.2, 0) is 76.4 Å². The van der Waals surface area contributed by atoms with E-state index in [0.717, 1.165) is 0 Å². The highest BCUT2D eigenvalue weighted by atomic mass is 32.2. The van der Waals surface area contributed by atoms with Crippen LogP contribution in [-0.4, -0.2) is 189 Å². The van der Waals surface area contributed by atoms with E-state index in [-0.39, 0.29) is 100 Å². The molecule has 4 aromatic carbocycles. The van der Waals surface area contributed by atoms with Crippen LogP contribution in [0, 0.1) is 0 Å². The molecule has 0 saturated carbocycles. The van der Waals surface area contributed by atoms with Crippen molar-refractivity contribution >= 4 is 85.5 Å². The predicted molar refractivity (Wildman–Crippen MR) is 296 cm³/mol. The number of aliphatic imine (C=N–C) groups is 2. The van der Waals surface area contributed by atoms with Crippen molar-refractivity contribution in [3.8, 4) is 11.5 Å².